The lowest BCUT2D eigenvalue weighted by atomic mass is 10.1. The number of rotatable bonds is 4. The van der Waals surface area contributed by atoms with Crippen molar-refractivity contribution in [2.45, 2.75) is 18.7 Å². The molecule has 1 nitrogen and oxygen atoms in total. The zero-order chi connectivity index (χ0) is 9.68. The number of hydrogen-bond acceptors (Lipinski definition) is 1. The van der Waals surface area contributed by atoms with Crippen molar-refractivity contribution in [2.24, 2.45) is 0 Å². The summed E-state index contributed by atoms with van der Waals surface area (Å²) in [6, 6.07) is 5.63. The van der Waals surface area contributed by atoms with E-state index in [-0.39, 0.29) is 0 Å². The van der Waals surface area contributed by atoms with Gasteiger partial charge in [0.1, 0.15) is 5.75 Å². The molecule has 0 spiro atoms. The lowest BCUT2D eigenvalue weighted by molar-refractivity contribution is 0.463. The molecule has 13 heavy (non-hydrogen) atoms. The summed E-state index contributed by atoms with van der Waals surface area (Å²) in [5.74, 6) is 1.29. The van der Waals surface area contributed by atoms with Crippen LogP contribution < -0.4 is 0 Å². The Labute approximate surface area is 88.3 Å². The Kier molecular flexibility index (Phi) is 4.40. The predicted octanol–water partition coefficient (Wildman–Crippen LogP) is 3.30. The maximum absolute atomic E-state index is 9.69. The molecule has 0 aliphatic rings. The van der Waals surface area contributed by atoms with Gasteiger partial charge < -0.3 is 5.11 Å². The van der Waals surface area contributed by atoms with E-state index < -0.39 is 0 Å². The fourth-order valence-corrected chi connectivity index (χ4v) is 1.56. The number of phenolic OH excluding ortho intramolecular Hbond substituents is 1. The van der Waals surface area contributed by atoms with Crippen LogP contribution in [-0.2, 0) is 12.3 Å². The van der Waals surface area contributed by atoms with E-state index >= 15 is 0 Å². The second-order valence-electron chi connectivity index (χ2n) is 2.85. The van der Waals surface area contributed by atoms with Gasteiger partial charge in [-0.15, -0.1) is 23.2 Å². The summed E-state index contributed by atoms with van der Waals surface area (Å²) in [6.45, 7) is 0. The molecule has 0 atom stereocenters. The van der Waals surface area contributed by atoms with Crippen LogP contribution >= 0.6 is 23.2 Å². The van der Waals surface area contributed by atoms with Gasteiger partial charge in [0.25, 0.3) is 0 Å². The maximum atomic E-state index is 9.69. The van der Waals surface area contributed by atoms with Crippen molar-refractivity contribution in [3.63, 3.8) is 0 Å². The van der Waals surface area contributed by atoms with Crippen molar-refractivity contribution in [2.75, 3.05) is 5.88 Å². The molecule has 1 aromatic carbocycles. The zero-order valence-electron chi connectivity index (χ0n) is 7.26. The van der Waals surface area contributed by atoms with Gasteiger partial charge in [0, 0.05) is 11.4 Å². The number of aromatic hydroxyl groups is 1. The van der Waals surface area contributed by atoms with E-state index in [9.17, 15) is 5.11 Å². The van der Waals surface area contributed by atoms with E-state index in [2.05, 4.69) is 0 Å². The van der Waals surface area contributed by atoms with Gasteiger partial charge in [0.2, 0.25) is 0 Å². The van der Waals surface area contributed by atoms with Gasteiger partial charge >= 0.3 is 0 Å². The van der Waals surface area contributed by atoms with Crippen molar-refractivity contribution in [1.82, 2.24) is 0 Å². The highest BCUT2D eigenvalue weighted by Gasteiger charge is 2.04. The molecule has 0 unspecified atom stereocenters. The molecule has 0 saturated carbocycles. The van der Waals surface area contributed by atoms with Crippen LogP contribution in [0.5, 0.6) is 5.75 Å². The van der Waals surface area contributed by atoms with E-state index in [4.69, 9.17) is 23.2 Å². The van der Waals surface area contributed by atoms with Gasteiger partial charge in [-0.25, -0.2) is 0 Å². The van der Waals surface area contributed by atoms with E-state index in [0.29, 0.717) is 17.5 Å². The number of alkyl halides is 2. The van der Waals surface area contributed by atoms with Crippen LogP contribution in [0, 0.1) is 0 Å². The summed E-state index contributed by atoms with van der Waals surface area (Å²) < 4.78 is 0. The van der Waals surface area contributed by atoms with Crippen LogP contribution in [0.4, 0.5) is 0 Å². The Balaban J connectivity index is 2.81. The van der Waals surface area contributed by atoms with Crippen LogP contribution in [-0.4, -0.2) is 11.0 Å². The number of aryl methyl sites for hydroxylation is 1. The summed E-state index contributed by atoms with van der Waals surface area (Å²) in [5, 5.41) is 9.69. The SMILES string of the molecule is Oc1c(CCl)cccc1CCCCl. The fourth-order valence-electron chi connectivity index (χ4n) is 1.21. The molecule has 0 radical (unpaired) electrons. The number of para-hydroxylation sites is 1. The minimum Gasteiger partial charge on any atom is -0.507 e. The highest BCUT2D eigenvalue weighted by molar-refractivity contribution is 6.17. The molecule has 1 aromatic rings. The highest BCUT2D eigenvalue weighted by atomic mass is 35.5. The first kappa shape index (κ1) is 10.7. The third kappa shape index (κ3) is 2.78. The largest absolute Gasteiger partial charge is 0.507 e. The number of phenols is 1. The van der Waals surface area contributed by atoms with Gasteiger partial charge in [-0.1, -0.05) is 18.2 Å². The third-order valence-electron chi connectivity index (χ3n) is 1.93. The molecule has 0 saturated heterocycles. The van der Waals surface area contributed by atoms with Crippen molar-refractivity contribution in [1.29, 1.82) is 0 Å². The molecule has 0 aliphatic heterocycles. The maximum Gasteiger partial charge on any atom is 0.123 e. The highest BCUT2D eigenvalue weighted by Crippen LogP contribution is 2.24. The number of hydrogen-bond donors (Lipinski definition) is 1. The molecule has 1 N–H and O–H groups in total. The van der Waals surface area contributed by atoms with Crippen molar-refractivity contribution in [3.05, 3.63) is 29.3 Å². The summed E-state index contributed by atoms with van der Waals surface area (Å²) in [5.41, 5.74) is 1.72. The minimum absolute atomic E-state index is 0.322. The molecule has 0 amide bonds. The summed E-state index contributed by atoms with van der Waals surface area (Å²) in [7, 11) is 0. The van der Waals surface area contributed by atoms with Gasteiger partial charge in [-0.05, 0) is 18.4 Å². The summed E-state index contributed by atoms with van der Waals surface area (Å²) in [6.07, 6.45) is 1.68. The first-order chi connectivity index (χ1) is 6.29. The number of benzene rings is 1. The monoisotopic (exact) mass is 218 g/mol. The topological polar surface area (TPSA) is 20.2 Å². The van der Waals surface area contributed by atoms with E-state index in [1.165, 1.54) is 0 Å². The van der Waals surface area contributed by atoms with Crippen LogP contribution in [0.2, 0.25) is 0 Å². The second kappa shape index (κ2) is 5.36. The van der Waals surface area contributed by atoms with Crippen molar-refractivity contribution < 1.29 is 5.11 Å². The minimum atomic E-state index is 0.322. The lowest BCUT2D eigenvalue weighted by Crippen LogP contribution is -1.90. The molecule has 0 heterocycles. The Morgan fingerprint density at radius 1 is 1.15 bits per heavy atom. The molecule has 0 aromatic heterocycles. The quantitative estimate of drug-likeness (QED) is 0.770. The van der Waals surface area contributed by atoms with E-state index in [1.807, 2.05) is 18.2 Å². The van der Waals surface area contributed by atoms with Crippen molar-refractivity contribution >= 4 is 23.2 Å². The van der Waals surface area contributed by atoms with Crippen LogP contribution in [0.1, 0.15) is 17.5 Å². The molecule has 72 valence electrons. The Morgan fingerprint density at radius 2 is 1.85 bits per heavy atom. The van der Waals surface area contributed by atoms with Crippen molar-refractivity contribution in [3.8, 4) is 5.75 Å². The standard InChI is InChI=1S/C10H12Cl2O/c11-6-2-5-8-3-1-4-9(7-12)10(8)13/h1,3-4,13H,2,5-7H2. The smallest absolute Gasteiger partial charge is 0.123 e. The van der Waals surface area contributed by atoms with Gasteiger partial charge in [-0.3, -0.25) is 0 Å². The predicted molar refractivity (Wildman–Crippen MR) is 56.7 cm³/mol. The van der Waals surface area contributed by atoms with Crippen LogP contribution in [0.15, 0.2) is 18.2 Å². The molecular formula is C10H12Cl2O. The Bertz CT molecular complexity index is 274. The van der Waals surface area contributed by atoms with Gasteiger partial charge in [0.15, 0.2) is 0 Å². The van der Waals surface area contributed by atoms with E-state index in [0.717, 1.165) is 24.0 Å². The first-order valence-electron chi connectivity index (χ1n) is 4.21. The zero-order valence-corrected chi connectivity index (χ0v) is 8.78. The third-order valence-corrected chi connectivity index (χ3v) is 2.48. The molecule has 0 bridgehead atoms. The first-order valence-corrected chi connectivity index (χ1v) is 5.28. The number of halogens is 2. The van der Waals surface area contributed by atoms with Gasteiger partial charge in [-0.2, -0.15) is 0 Å². The molecule has 3 heteroatoms. The molecular weight excluding hydrogens is 207 g/mol. The molecule has 0 aliphatic carbocycles. The fraction of sp³-hybridized carbons (Fsp3) is 0.400. The molecule has 1 rings (SSSR count). The summed E-state index contributed by atoms with van der Waals surface area (Å²) >= 11 is 11.2. The normalized spacial score (nSPS) is 10.3. The summed E-state index contributed by atoms with van der Waals surface area (Å²) in [4.78, 5) is 0. The Morgan fingerprint density at radius 3 is 2.46 bits per heavy atom. The average molecular weight is 219 g/mol. The van der Waals surface area contributed by atoms with E-state index in [1.54, 1.807) is 0 Å². The average Bonchev–Trinajstić information content (AvgIpc) is 2.16. The van der Waals surface area contributed by atoms with Crippen LogP contribution in [0.25, 0.3) is 0 Å². The van der Waals surface area contributed by atoms with Crippen LogP contribution in [0.3, 0.4) is 0 Å². The second-order valence-corrected chi connectivity index (χ2v) is 3.50. The molecule has 0 fully saturated rings. The van der Waals surface area contributed by atoms with Gasteiger partial charge in [0.05, 0.1) is 5.88 Å². The lowest BCUT2D eigenvalue weighted by Gasteiger charge is -2.06. The Hall–Kier alpha value is -0.400.